The zero-order chi connectivity index (χ0) is 16.8. The molecule has 2 rings (SSSR count). The van der Waals surface area contributed by atoms with Gasteiger partial charge in [-0.15, -0.1) is 0 Å². The van der Waals surface area contributed by atoms with Crippen LogP contribution in [0.3, 0.4) is 0 Å². The van der Waals surface area contributed by atoms with E-state index in [1.165, 1.54) is 0 Å². The van der Waals surface area contributed by atoms with Crippen LogP contribution in [0.2, 0.25) is 0 Å². The standard InChI is InChI=1S/C18H28N2O3/c1-4-17(20-11-5-6-14(12-20)13(2)21)18(22)19-15-7-9-16(23-3)10-8-15/h7-10,13-14,17,21H,4-6,11-12H2,1-3H3,(H,19,22). The number of hydrogen-bond donors (Lipinski definition) is 2. The molecule has 3 unspecified atom stereocenters. The van der Waals surface area contributed by atoms with E-state index < -0.39 is 0 Å². The summed E-state index contributed by atoms with van der Waals surface area (Å²) in [5.74, 6) is 1.04. The Bertz CT molecular complexity index is 501. The van der Waals surface area contributed by atoms with E-state index in [-0.39, 0.29) is 24.0 Å². The molecule has 0 bridgehead atoms. The number of nitrogens with zero attached hydrogens (tertiary/aromatic N) is 1. The summed E-state index contributed by atoms with van der Waals surface area (Å²) in [5.41, 5.74) is 0.776. The second kappa shape index (κ2) is 8.31. The zero-order valence-electron chi connectivity index (χ0n) is 14.3. The van der Waals surface area contributed by atoms with Crippen LogP contribution < -0.4 is 10.1 Å². The number of nitrogens with one attached hydrogen (secondary N) is 1. The normalized spacial score (nSPS) is 21.5. The lowest BCUT2D eigenvalue weighted by atomic mass is 9.92. The van der Waals surface area contributed by atoms with E-state index in [9.17, 15) is 9.90 Å². The molecule has 1 saturated heterocycles. The van der Waals surface area contributed by atoms with Crippen molar-refractivity contribution in [2.24, 2.45) is 5.92 Å². The fourth-order valence-corrected chi connectivity index (χ4v) is 3.23. The highest BCUT2D eigenvalue weighted by atomic mass is 16.5. The summed E-state index contributed by atoms with van der Waals surface area (Å²) >= 11 is 0. The molecule has 3 atom stereocenters. The Labute approximate surface area is 138 Å². The number of amides is 1. The molecular formula is C18H28N2O3. The summed E-state index contributed by atoms with van der Waals surface area (Å²) in [7, 11) is 1.62. The van der Waals surface area contributed by atoms with Crippen LogP contribution in [0.4, 0.5) is 5.69 Å². The van der Waals surface area contributed by atoms with Crippen LogP contribution in [0.25, 0.3) is 0 Å². The Hall–Kier alpha value is -1.59. The van der Waals surface area contributed by atoms with Gasteiger partial charge in [0.1, 0.15) is 5.75 Å². The smallest absolute Gasteiger partial charge is 0.241 e. The van der Waals surface area contributed by atoms with Crippen molar-refractivity contribution in [2.45, 2.75) is 45.3 Å². The van der Waals surface area contributed by atoms with Crippen molar-refractivity contribution in [3.05, 3.63) is 24.3 Å². The summed E-state index contributed by atoms with van der Waals surface area (Å²) in [6, 6.07) is 7.21. The van der Waals surface area contributed by atoms with Gasteiger partial charge in [-0.3, -0.25) is 9.69 Å². The van der Waals surface area contributed by atoms with Crippen molar-refractivity contribution >= 4 is 11.6 Å². The highest BCUT2D eigenvalue weighted by Gasteiger charge is 2.30. The Morgan fingerprint density at radius 2 is 2.13 bits per heavy atom. The lowest BCUT2D eigenvalue weighted by molar-refractivity contribution is -0.122. The molecule has 1 heterocycles. The summed E-state index contributed by atoms with van der Waals surface area (Å²) in [6.45, 7) is 5.57. The van der Waals surface area contributed by atoms with Gasteiger partial charge in [0.15, 0.2) is 0 Å². The second-order valence-corrected chi connectivity index (χ2v) is 6.28. The predicted octanol–water partition coefficient (Wildman–Crippen LogP) is 2.51. The summed E-state index contributed by atoms with van der Waals surface area (Å²) in [4.78, 5) is 14.8. The van der Waals surface area contributed by atoms with Crippen LogP contribution in [-0.4, -0.2) is 48.3 Å². The van der Waals surface area contributed by atoms with Gasteiger partial charge in [0.25, 0.3) is 0 Å². The Balaban J connectivity index is 1.99. The number of benzene rings is 1. The Kier molecular flexibility index (Phi) is 6.42. The second-order valence-electron chi connectivity index (χ2n) is 6.28. The number of carbonyl (C=O) groups is 1. The molecule has 1 aliphatic rings. The van der Waals surface area contributed by atoms with Crippen LogP contribution in [0, 0.1) is 5.92 Å². The molecule has 1 fully saturated rings. The van der Waals surface area contributed by atoms with Gasteiger partial charge in [-0.25, -0.2) is 0 Å². The minimum Gasteiger partial charge on any atom is -0.497 e. The number of piperidine rings is 1. The maximum atomic E-state index is 12.6. The molecular weight excluding hydrogens is 292 g/mol. The minimum atomic E-state index is -0.319. The fourth-order valence-electron chi connectivity index (χ4n) is 3.23. The van der Waals surface area contributed by atoms with Gasteiger partial charge in [0.2, 0.25) is 5.91 Å². The number of rotatable bonds is 6. The minimum absolute atomic E-state index is 0.0175. The zero-order valence-corrected chi connectivity index (χ0v) is 14.3. The van der Waals surface area contributed by atoms with Crippen molar-refractivity contribution in [3.8, 4) is 5.75 Å². The van der Waals surface area contributed by atoms with Gasteiger partial charge in [0, 0.05) is 12.2 Å². The van der Waals surface area contributed by atoms with E-state index in [2.05, 4.69) is 10.2 Å². The van der Waals surface area contributed by atoms with Crippen molar-refractivity contribution in [3.63, 3.8) is 0 Å². The molecule has 5 heteroatoms. The first-order chi connectivity index (χ1) is 11.0. The molecule has 1 aliphatic heterocycles. The topological polar surface area (TPSA) is 61.8 Å². The summed E-state index contributed by atoms with van der Waals surface area (Å²) in [6.07, 6.45) is 2.50. The van der Waals surface area contributed by atoms with E-state index in [1.54, 1.807) is 7.11 Å². The molecule has 2 N–H and O–H groups in total. The van der Waals surface area contributed by atoms with Crippen LogP contribution >= 0.6 is 0 Å². The van der Waals surface area contributed by atoms with Gasteiger partial charge in [-0.05, 0) is 62.9 Å². The van der Waals surface area contributed by atoms with Gasteiger partial charge < -0.3 is 15.2 Å². The molecule has 1 amide bonds. The Morgan fingerprint density at radius 1 is 1.43 bits per heavy atom. The highest BCUT2D eigenvalue weighted by molar-refractivity contribution is 5.94. The molecule has 0 aromatic heterocycles. The average Bonchev–Trinajstić information content (AvgIpc) is 2.56. The third-order valence-electron chi connectivity index (χ3n) is 4.66. The lowest BCUT2D eigenvalue weighted by Gasteiger charge is -2.38. The van der Waals surface area contributed by atoms with Gasteiger partial charge in [-0.2, -0.15) is 0 Å². The summed E-state index contributed by atoms with van der Waals surface area (Å²) < 4.78 is 5.13. The van der Waals surface area contributed by atoms with Crippen molar-refractivity contribution in [1.82, 2.24) is 4.90 Å². The largest absolute Gasteiger partial charge is 0.497 e. The highest BCUT2D eigenvalue weighted by Crippen LogP contribution is 2.23. The van der Waals surface area contributed by atoms with Crippen LogP contribution in [0.15, 0.2) is 24.3 Å². The first kappa shape index (κ1) is 17.8. The van der Waals surface area contributed by atoms with Crippen LogP contribution in [-0.2, 0) is 4.79 Å². The average molecular weight is 320 g/mol. The van der Waals surface area contributed by atoms with Gasteiger partial charge >= 0.3 is 0 Å². The number of hydrogen-bond acceptors (Lipinski definition) is 4. The molecule has 1 aromatic carbocycles. The van der Waals surface area contributed by atoms with Crippen molar-refractivity contribution < 1.29 is 14.6 Å². The quantitative estimate of drug-likeness (QED) is 0.845. The summed E-state index contributed by atoms with van der Waals surface area (Å²) in [5, 5.41) is 12.8. The van der Waals surface area contributed by atoms with Crippen LogP contribution in [0.1, 0.15) is 33.1 Å². The number of carbonyl (C=O) groups excluding carboxylic acids is 1. The molecule has 5 nitrogen and oxygen atoms in total. The van der Waals surface area contributed by atoms with Crippen LogP contribution in [0.5, 0.6) is 5.75 Å². The monoisotopic (exact) mass is 320 g/mol. The Morgan fingerprint density at radius 3 is 2.70 bits per heavy atom. The maximum absolute atomic E-state index is 12.6. The number of aliphatic hydroxyl groups is 1. The van der Waals surface area contributed by atoms with E-state index in [0.29, 0.717) is 0 Å². The number of methoxy groups -OCH3 is 1. The van der Waals surface area contributed by atoms with Crippen molar-refractivity contribution in [2.75, 3.05) is 25.5 Å². The van der Waals surface area contributed by atoms with Crippen molar-refractivity contribution in [1.29, 1.82) is 0 Å². The molecule has 1 aromatic rings. The molecule has 0 aliphatic carbocycles. The van der Waals surface area contributed by atoms with E-state index in [4.69, 9.17) is 4.74 Å². The molecule has 0 saturated carbocycles. The SMILES string of the molecule is CCC(C(=O)Nc1ccc(OC)cc1)N1CCCC(C(C)O)C1. The van der Waals surface area contributed by atoms with E-state index in [1.807, 2.05) is 38.1 Å². The van der Waals surface area contributed by atoms with Gasteiger partial charge in [0.05, 0.1) is 19.3 Å². The lowest BCUT2D eigenvalue weighted by Crippen LogP contribution is -2.49. The number of aliphatic hydroxyl groups excluding tert-OH is 1. The van der Waals surface area contributed by atoms with E-state index >= 15 is 0 Å². The third-order valence-corrected chi connectivity index (χ3v) is 4.66. The fraction of sp³-hybridized carbons (Fsp3) is 0.611. The first-order valence-electron chi connectivity index (χ1n) is 8.42. The maximum Gasteiger partial charge on any atom is 0.241 e. The first-order valence-corrected chi connectivity index (χ1v) is 8.42. The number of ether oxygens (including phenoxy) is 1. The predicted molar refractivity (Wildman–Crippen MR) is 91.7 cm³/mol. The number of likely N-dealkylation sites (tertiary alicyclic amines) is 1. The molecule has 0 spiro atoms. The van der Waals surface area contributed by atoms with E-state index in [0.717, 1.165) is 43.8 Å². The number of anilines is 1. The molecule has 23 heavy (non-hydrogen) atoms. The third kappa shape index (κ3) is 4.69. The molecule has 128 valence electrons. The van der Waals surface area contributed by atoms with Gasteiger partial charge in [-0.1, -0.05) is 6.92 Å². The molecule has 0 radical (unpaired) electrons.